The molecule has 2 amide bonds. The van der Waals surface area contributed by atoms with E-state index in [-0.39, 0.29) is 18.5 Å². The molecular weight excluding hydrogens is 220 g/mol. The van der Waals surface area contributed by atoms with Crippen molar-refractivity contribution in [1.29, 1.82) is 0 Å². The summed E-state index contributed by atoms with van der Waals surface area (Å²) in [5.41, 5.74) is 0. The Hall–Kier alpha value is -1.26. The van der Waals surface area contributed by atoms with E-state index in [1.54, 1.807) is 0 Å². The van der Waals surface area contributed by atoms with E-state index in [4.69, 9.17) is 5.11 Å². The molecule has 17 heavy (non-hydrogen) atoms. The van der Waals surface area contributed by atoms with Crippen molar-refractivity contribution < 1.29 is 14.7 Å². The van der Waals surface area contributed by atoms with Crippen molar-refractivity contribution in [2.24, 2.45) is 5.92 Å². The van der Waals surface area contributed by atoms with Gasteiger partial charge >= 0.3 is 12.0 Å². The van der Waals surface area contributed by atoms with Crippen LogP contribution in [0, 0.1) is 5.92 Å². The third-order valence-corrected chi connectivity index (χ3v) is 3.86. The Morgan fingerprint density at radius 1 is 1.29 bits per heavy atom. The average Bonchev–Trinajstić information content (AvgIpc) is 2.65. The quantitative estimate of drug-likeness (QED) is 0.637. The second kappa shape index (κ2) is 5.38. The van der Waals surface area contributed by atoms with Crippen LogP contribution >= 0.6 is 0 Å². The zero-order valence-corrected chi connectivity index (χ0v) is 9.95. The molecule has 0 aromatic carbocycles. The number of hydrogen-bond acceptors (Lipinski definition) is 2. The average molecular weight is 240 g/mol. The number of unbranched alkanes of at least 4 members (excludes halogenated alkanes) is 1. The predicted octanol–water partition coefficient (Wildman–Crippen LogP) is 1.48. The first-order valence-corrected chi connectivity index (χ1v) is 6.45. The number of rotatable bonds is 5. The maximum atomic E-state index is 11.3. The molecule has 1 heterocycles. The minimum atomic E-state index is -0.720. The van der Waals surface area contributed by atoms with Gasteiger partial charge in [0, 0.05) is 6.42 Å². The summed E-state index contributed by atoms with van der Waals surface area (Å²) in [6.07, 6.45) is 6.33. The molecule has 96 valence electrons. The Morgan fingerprint density at radius 3 is 2.88 bits per heavy atom. The molecule has 3 atom stereocenters. The van der Waals surface area contributed by atoms with Crippen molar-refractivity contribution in [3.8, 4) is 0 Å². The van der Waals surface area contributed by atoms with Crippen LogP contribution in [0.2, 0.25) is 0 Å². The summed E-state index contributed by atoms with van der Waals surface area (Å²) in [6.45, 7) is 0. The van der Waals surface area contributed by atoms with E-state index in [0.29, 0.717) is 12.0 Å². The number of carboxylic acids is 1. The van der Waals surface area contributed by atoms with Crippen molar-refractivity contribution >= 4 is 12.0 Å². The molecule has 0 bridgehead atoms. The summed E-state index contributed by atoms with van der Waals surface area (Å²) < 4.78 is 0. The van der Waals surface area contributed by atoms with Crippen LogP contribution in [0.4, 0.5) is 4.79 Å². The molecule has 1 saturated carbocycles. The number of aliphatic carboxylic acids is 1. The second-order valence-electron chi connectivity index (χ2n) is 5.08. The highest BCUT2D eigenvalue weighted by molar-refractivity contribution is 5.77. The van der Waals surface area contributed by atoms with E-state index < -0.39 is 5.97 Å². The fourth-order valence-electron chi connectivity index (χ4n) is 3.04. The lowest BCUT2D eigenvalue weighted by atomic mass is 9.79. The molecule has 0 radical (unpaired) electrons. The smallest absolute Gasteiger partial charge is 0.315 e. The lowest BCUT2D eigenvalue weighted by Gasteiger charge is -2.32. The highest BCUT2D eigenvalue weighted by Crippen LogP contribution is 2.31. The summed E-state index contributed by atoms with van der Waals surface area (Å²) in [7, 11) is 0. The van der Waals surface area contributed by atoms with Gasteiger partial charge in [0.25, 0.3) is 0 Å². The van der Waals surface area contributed by atoms with Crippen LogP contribution < -0.4 is 10.6 Å². The van der Waals surface area contributed by atoms with Crippen LogP contribution in [0.25, 0.3) is 0 Å². The third kappa shape index (κ3) is 3.11. The number of carbonyl (C=O) groups excluding carboxylic acids is 1. The molecule has 0 aromatic rings. The minimum absolute atomic E-state index is 0.0440. The first kappa shape index (κ1) is 12.2. The maximum Gasteiger partial charge on any atom is 0.315 e. The predicted molar refractivity (Wildman–Crippen MR) is 62.7 cm³/mol. The summed E-state index contributed by atoms with van der Waals surface area (Å²) in [6, 6.07) is 0.513. The zero-order chi connectivity index (χ0) is 12.3. The molecule has 0 spiro atoms. The van der Waals surface area contributed by atoms with Crippen LogP contribution in [0.3, 0.4) is 0 Å². The SMILES string of the molecule is O=C(O)CCCCC1CCCC2NC(=O)NC12. The highest BCUT2D eigenvalue weighted by atomic mass is 16.4. The first-order valence-electron chi connectivity index (χ1n) is 6.45. The van der Waals surface area contributed by atoms with Crippen LogP contribution in [-0.2, 0) is 4.79 Å². The van der Waals surface area contributed by atoms with Gasteiger partial charge in [-0.3, -0.25) is 4.79 Å². The number of amides is 2. The van der Waals surface area contributed by atoms with Crippen molar-refractivity contribution in [3.63, 3.8) is 0 Å². The fraction of sp³-hybridized carbons (Fsp3) is 0.833. The topological polar surface area (TPSA) is 78.4 Å². The lowest BCUT2D eigenvalue weighted by molar-refractivity contribution is -0.137. The standard InChI is InChI=1S/C12H20N2O3/c15-10(16)7-2-1-4-8-5-3-6-9-11(8)14-12(17)13-9/h8-9,11H,1-7H2,(H,15,16)(H2,13,14,17). The molecule has 1 aliphatic heterocycles. The number of carbonyl (C=O) groups is 2. The van der Waals surface area contributed by atoms with Gasteiger partial charge in [0.1, 0.15) is 0 Å². The Morgan fingerprint density at radius 2 is 2.12 bits per heavy atom. The number of nitrogens with one attached hydrogen (secondary N) is 2. The van der Waals surface area contributed by atoms with Crippen molar-refractivity contribution in [2.75, 3.05) is 0 Å². The molecule has 2 fully saturated rings. The second-order valence-corrected chi connectivity index (χ2v) is 5.08. The van der Waals surface area contributed by atoms with E-state index in [1.807, 2.05) is 0 Å². The van der Waals surface area contributed by atoms with Gasteiger partial charge in [0.2, 0.25) is 0 Å². The monoisotopic (exact) mass is 240 g/mol. The number of hydrogen-bond donors (Lipinski definition) is 3. The van der Waals surface area contributed by atoms with Gasteiger partial charge in [0.15, 0.2) is 0 Å². The maximum absolute atomic E-state index is 11.3. The van der Waals surface area contributed by atoms with Gasteiger partial charge in [-0.25, -0.2) is 4.79 Å². The van der Waals surface area contributed by atoms with E-state index in [2.05, 4.69) is 10.6 Å². The molecule has 1 saturated heterocycles. The molecule has 5 heteroatoms. The van der Waals surface area contributed by atoms with E-state index >= 15 is 0 Å². The zero-order valence-electron chi connectivity index (χ0n) is 9.95. The molecule has 1 aliphatic carbocycles. The lowest BCUT2D eigenvalue weighted by Crippen LogP contribution is -2.43. The molecule has 5 nitrogen and oxygen atoms in total. The van der Waals surface area contributed by atoms with Crippen molar-refractivity contribution in [3.05, 3.63) is 0 Å². The van der Waals surface area contributed by atoms with E-state index in [1.165, 1.54) is 0 Å². The molecule has 0 aromatic heterocycles. The van der Waals surface area contributed by atoms with E-state index in [9.17, 15) is 9.59 Å². The molecule has 3 N–H and O–H groups in total. The third-order valence-electron chi connectivity index (χ3n) is 3.86. The van der Waals surface area contributed by atoms with Crippen LogP contribution in [-0.4, -0.2) is 29.2 Å². The summed E-state index contributed by atoms with van der Waals surface area (Å²) in [5.74, 6) is -0.205. The van der Waals surface area contributed by atoms with Gasteiger partial charge < -0.3 is 15.7 Å². The Labute approximate surface area is 101 Å². The van der Waals surface area contributed by atoms with E-state index in [0.717, 1.165) is 38.5 Å². The summed E-state index contributed by atoms with van der Waals surface area (Å²) in [4.78, 5) is 21.7. The molecule has 2 aliphatic rings. The molecule has 3 unspecified atom stereocenters. The number of urea groups is 1. The fourth-order valence-corrected chi connectivity index (χ4v) is 3.04. The van der Waals surface area contributed by atoms with Gasteiger partial charge in [-0.1, -0.05) is 12.8 Å². The Balaban J connectivity index is 1.76. The first-order chi connectivity index (χ1) is 8.16. The normalized spacial score (nSPS) is 31.5. The van der Waals surface area contributed by atoms with Gasteiger partial charge in [-0.15, -0.1) is 0 Å². The number of carboxylic acid groups (broad SMARTS) is 1. The number of fused-ring (bicyclic) bond motifs is 1. The molecular formula is C12H20N2O3. The minimum Gasteiger partial charge on any atom is -0.481 e. The highest BCUT2D eigenvalue weighted by Gasteiger charge is 2.39. The van der Waals surface area contributed by atoms with Crippen LogP contribution in [0.1, 0.15) is 44.9 Å². The van der Waals surface area contributed by atoms with Gasteiger partial charge in [-0.05, 0) is 31.6 Å². The van der Waals surface area contributed by atoms with Crippen LogP contribution in [0.5, 0.6) is 0 Å². The summed E-state index contributed by atoms with van der Waals surface area (Å²) >= 11 is 0. The van der Waals surface area contributed by atoms with Crippen LogP contribution in [0.15, 0.2) is 0 Å². The Bertz CT molecular complexity index is 306. The van der Waals surface area contributed by atoms with Gasteiger partial charge in [0.05, 0.1) is 12.1 Å². The Kier molecular flexibility index (Phi) is 3.86. The largest absolute Gasteiger partial charge is 0.481 e. The molecule has 2 rings (SSSR count). The summed E-state index contributed by atoms with van der Waals surface area (Å²) in [5, 5.41) is 14.5. The van der Waals surface area contributed by atoms with Crippen molar-refractivity contribution in [2.45, 2.75) is 57.0 Å². The van der Waals surface area contributed by atoms with Crippen molar-refractivity contribution in [1.82, 2.24) is 10.6 Å². The van der Waals surface area contributed by atoms with Gasteiger partial charge in [-0.2, -0.15) is 0 Å².